The summed E-state index contributed by atoms with van der Waals surface area (Å²) in [7, 11) is 0. The van der Waals surface area contributed by atoms with E-state index in [0.29, 0.717) is 43.1 Å². The van der Waals surface area contributed by atoms with Crippen molar-refractivity contribution in [2.45, 2.75) is 19.8 Å². The van der Waals surface area contributed by atoms with Gasteiger partial charge in [-0.3, -0.25) is 0 Å². The lowest BCUT2D eigenvalue weighted by atomic mass is 10.1. The molecule has 0 radical (unpaired) electrons. The third-order valence-corrected chi connectivity index (χ3v) is 3.19. The minimum atomic E-state index is -0.317. The van der Waals surface area contributed by atoms with Crippen LogP contribution in [0.2, 0.25) is 0 Å². The van der Waals surface area contributed by atoms with E-state index in [9.17, 15) is 4.79 Å². The van der Waals surface area contributed by atoms with Crippen LogP contribution in [0.1, 0.15) is 34.3 Å². The first-order chi connectivity index (χ1) is 11.2. The second kappa shape index (κ2) is 8.54. The third-order valence-electron chi connectivity index (χ3n) is 3.19. The Bertz CT molecular complexity index is 690. The van der Waals surface area contributed by atoms with E-state index < -0.39 is 0 Å². The van der Waals surface area contributed by atoms with Crippen molar-refractivity contribution in [3.8, 4) is 11.9 Å². The van der Waals surface area contributed by atoms with Gasteiger partial charge in [-0.25, -0.2) is 9.78 Å². The quantitative estimate of drug-likeness (QED) is 0.579. The summed E-state index contributed by atoms with van der Waals surface area (Å²) < 4.78 is 10.7. The van der Waals surface area contributed by atoms with Gasteiger partial charge in [-0.1, -0.05) is 17.7 Å². The van der Waals surface area contributed by atoms with Crippen LogP contribution in [0.4, 0.5) is 0 Å². The molecule has 1 heterocycles. The number of nitriles is 1. The Hall–Kier alpha value is -2.87. The highest BCUT2D eigenvalue weighted by atomic mass is 16.5. The number of carbonyl (C=O) groups is 1. The molecule has 1 aromatic heterocycles. The Morgan fingerprint density at radius 1 is 1.17 bits per heavy atom. The van der Waals surface area contributed by atoms with Gasteiger partial charge in [0.2, 0.25) is 5.88 Å². The van der Waals surface area contributed by atoms with Crippen molar-refractivity contribution in [3.63, 3.8) is 0 Å². The van der Waals surface area contributed by atoms with Crippen LogP contribution in [-0.4, -0.2) is 24.2 Å². The van der Waals surface area contributed by atoms with Gasteiger partial charge in [-0.05, 0) is 44.0 Å². The maximum absolute atomic E-state index is 11.8. The van der Waals surface area contributed by atoms with E-state index in [0.717, 1.165) is 5.56 Å². The average Bonchev–Trinajstić information content (AvgIpc) is 2.58. The number of unbranched alkanes of at least 4 members (excludes halogenated alkanes) is 1. The van der Waals surface area contributed by atoms with Gasteiger partial charge in [0.1, 0.15) is 11.6 Å². The number of pyridine rings is 1. The average molecular weight is 310 g/mol. The first-order valence-corrected chi connectivity index (χ1v) is 7.42. The highest BCUT2D eigenvalue weighted by molar-refractivity contribution is 5.89. The van der Waals surface area contributed by atoms with Crippen molar-refractivity contribution >= 4 is 5.97 Å². The number of esters is 1. The van der Waals surface area contributed by atoms with Gasteiger partial charge >= 0.3 is 5.97 Å². The van der Waals surface area contributed by atoms with E-state index in [4.69, 9.17) is 14.7 Å². The molecule has 5 heteroatoms. The van der Waals surface area contributed by atoms with E-state index in [1.165, 1.54) is 0 Å². The molecule has 0 amide bonds. The number of rotatable bonds is 7. The van der Waals surface area contributed by atoms with Crippen molar-refractivity contribution < 1.29 is 14.3 Å². The van der Waals surface area contributed by atoms with E-state index >= 15 is 0 Å². The zero-order valence-electron chi connectivity index (χ0n) is 13.0. The molecular formula is C18H18N2O3. The fourth-order valence-corrected chi connectivity index (χ4v) is 1.90. The summed E-state index contributed by atoms with van der Waals surface area (Å²) in [6.45, 7) is 2.73. The smallest absolute Gasteiger partial charge is 0.338 e. The third kappa shape index (κ3) is 5.11. The molecule has 5 nitrogen and oxygen atoms in total. The van der Waals surface area contributed by atoms with E-state index in [-0.39, 0.29) is 5.97 Å². The Morgan fingerprint density at radius 2 is 1.91 bits per heavy atom. The summed E-state index contributed by atoms with van der Waals surface area (Å²) in [6, 6.07) is 12.6. The summed E-state index contributed by atoms with van der Waals surface area (Å²) in [5.41, 5.74) is 2.07. The van der Waals surface area contributed by atoms with Crippen LogP contribution in [0, 0.1) is 18.3 Å². The van der Waals surface area contributed by atoms with Crippen LogP contribution in [0.5, 0.6) is 5.88 Å². The van der Waals surface area contributed by atoms with Crippen molar-refractivity contribution in [2.24, 2.45) is 0 Å². The van der Waals surface area contributed by atoms with Crippen LogP contribution in [0.3, 0.4) is 0 Å². The second-order valence-corrected chi connectivity index (χ2v) is 5.03. The van der Waals surface area contributed by atoms with Crippen molar-refractivity contribution in [3.05, 3.63) is 59.3 Å². The lowest BCUT2D eigenvalue weighted by Crippen LogP contribution is -2.08. The molecule has 2 rings (SSSR count). The molecule has 0 fully saturated rings. The van der Waals surface area contributed by atoms with Gasteiger partial charge in [0, 0.05) is 6.20 Å². The number of carbonyl (C=O) groups excluding carboxylic acids is 1. The van der Waals surface area contributed by atoms with Gasteiger partial charge in [-0.2, -0.15) is 5.26 Å². The van der Waals surface area contributed by atoms with Gasteiger partial charge < -0.3 is 9.47 Å². The normalized spacial score (nSPS) is 9.91. The number of hydrogen-bond donors (Lipinski definition) is 0. The molecular weight excluding hydrogens is 292 g/mol. The number of hydrogen-bond acceptors (Lipinski definition) is 5. The molecule has 0 saturated heterocycles. The first kappa shape index (κ1) is 16.5. The monoisotopic (exact) mass is 310 g/mol. The molecule has 0 unspecified atom stereocenters. The molecule has 0 aliphatic heterocycles. The molecule has 0 aliphatic rings. The largest absolute Gasteiger partial charge is 0.477 e. The van der Waals surface area contributed by atoms with Crippen molar-refractivity contribution in [1.82, 2.24) is 4.98 Å². The molecule has 0 bridgehead atoms. The number of aryl methyl sites for hydroxylation is 1. The predicted molar refractivity (Wildman–Crippen MR) is 85.1 cm³/mol. The Morgan fingerprint density at radius 3 is 2.65 bits per heavy atom. The van der Waals surface area contributed by atoms with E-state index in [1.807, 2.05) is 25.1 Å². The Labute approximate surface area is 135 Å². The number of ether oxygens (including phenoxy) is 2. The van der Waals surface area contributed by atoms with Crippen LogP contribution >= 0.6 is 0 Å². The highest BCUT2D eigenvalue weighted by Gasteiger charge is 2.06. The molecule has 0 saturated carbocycles. The lowest BCUT2D eigenvalue weighted by Gasteiger charge is -2.07. The SMILES string of the molecule is Cc1ccc(C(=O)OCCCCOc2ncccc2C#N)cc1. The van der Waals surface area contributed by atoms with Crippen LogP contribution < -0.4 is 4.74 Å². The first-order valence-electron chi connectivity index (χ1n) is 7.42. The molecule has 0 N–H and O–H groups in total. The highest BCUT2D eigenvalue weighted by Crippen LogP contribution is 2.13. The summed E-state index contributed by atoms with van der Waals surface area (Å²) in [5.74, 6) is 0.0223. The van der Waals surface area contributed by atoms with Crippen molar-refractivity contribution in [2.75, 3.05) is 13.2 Å². The minimum Gasteiger partial charge on any atom is -0.477 e. The molecule has 0 aliphatic carbocycles. The Kier molecular flexibility index (Phi) is 6.13. The zero-order valence-corrected chi connectivity index (χ0v) is 13.0. The zero-order chi connectivity index (χ0) is 16.5. The van der Waals surface area contributed by atoms with Crippen LogP contribution in [0.15, 0.2) is 42.6 Å². The number of aromatic nitrogens is 1. The number of benzene rings is 1. The second-order valence-electron chi connectivity index (χ2n) is 5.03. The number of nitrogens with zero attached hydrogens (tertiary/aromatic N) is 2. The van der Waals surface area contributed by atoms with Crippen LogP contribution in [0.25, 0.3) is 0 Å². The van der Waals surface area contributed by atoms with Crippen molar-refractivity contribution in [1.29, 1.82) is 5.26 Å². The van der Waals surface area contributed by atoms with E-state index in [2.05, 4.69) is 4.98 Å². The maximum Gasteiger partial charge on any atom is 0.338 e. The molecule has 118 valence electrons. The van der Waals surface area contributed by atoms with Gasteiger partial charge in [0.05, 0.1) is 18.8 Å². The fraction of sp³-hybridized carbons (Fsp3) is 0.278. The van der Waals surface area contributed by atoms with Gasteiger partial charge in [0.25, 0.3) is 0 Å². The molecule has 2 aromatic rings. The van der Waals surface area contributed by atoms with Gasteiger partial charge in [-0.15, -0.1) is 0 Å². The lowest BCUT2D eigenvalue weighted by molar-refractivity contribution is 0.0494. The minimum absolute atomic E-state index is 0.317. The maximum atomic E-state index is 11.8. The fourth-order valence-electron chi connectivity index (χ4n) is 1.90. The van der Waals surface area contributed by atoms with E-state index in [1.54, 1.807) is 30.5 Å². The Balaban J connectivity index is 1.65. The summed E-state index contributed by atoms with van der Waals surface area (Å²) in [4.78, 5) is 15.8. The summed E-state index contributed by atoms with van der Waals surface area (Å²) in [6.07, 6.45) is 2.98. The molecule has 23 heavy (non-hydrogen) atoms. The van der Waals surface area contributed by atoms with Crippen LogP contribution in [-0.2, 0) is 4.74 Å². The summed E-state index contributed by atoms with van der Waals surface area (Å²) in [5, 5.41) is 8.92. The molecule has 1 aromatic carbocycles. The topological polar surface area (TPSA) is 72.2 Å². The predicted octanol–water partition coefficient (Wildman–Crippen LogP) is 3.28. The molecule has 0 atom stereocenters. The van der Waals surface area contributed by atoms with Gasteiger partial charge in [0.15, 0.2) is 0 Å². The standard InChI is InChI=1S/C18H18N2O3/c1-14-6-8-15(9-7-14)18(21)23-12-3-2-11-22-17-16(13-19)5-4-10-20-17/h4-10H,2-3,11-12H2,1H3. The molecule has 0 spiro atoms. The summed E-state index contributed by atoms with van der Waals surface area (Å²) >= 11 is 0.